The molecule has 0 bridgehead atoms. The number of hydrogen-bond acceptors (Lipinski definition) is 4. The molecule has 2 N–H and O–H groups in total. The molecule has 0 amide bonds. The smallest absolute Gasteiger partial charge is 0.307 e. The van der Waals surface area contributed by atoms with E-state index < -0.39 is 29.3 Å². The third-order valence-corrected chi connectivity index (χ3v) is 7.61. The van der Waals surface area contributed by atoms with Crippen molar-refractivity contribution in [3.63, 3.8) is 0 Å². The second-order valence-electron chi connectivity index (χ2n) is 9.52. The summed E-state index contributed by atoms with van der Waals surface area (Å²) in [5.74, 6) is -3.03. The SMILES string of the molecule is COc1cc(C(c2ccccc2)c2cc(F)c(F)cc2O)c(Oc2c(Br)cc(CC(=O)O)cc2Br)cc1C(C)C. The van der Waals surface area contributed by atoms with Gasteiger partial charge in [-0.1, -0.05) is 44.2 Å². The molecule has 4 rings (SSSR count). The van der Waals surface area contributed by atoms with E-state index >= 15 is 0 Å². The number of aliphatic carboxylic acids is 1. The summed E-state index contributed by atoms with van der Waals surface area (Å²) in [5, 5.41) is 20.0. The lowest BCUT2D eigenvalue weighted by molar-refractivity contribution is -0.136. The number of carbonyl (C=O) groups is 1. The molecule has 40 heavy (non-hydrogen) atoms. The van der Waals surface area contributed by atoms with Crippen LogP contribution in [0.1, 0.15) is 53.5 Å². The number of phenolic OH excluding ortho intramolecular Hbond substituents is 1. The number of phenols is 1. The topological polar surface area (TPSA) is 76.0 Å². The lowest BCUT2D eigenvalue weighted by Gasteiger charge is -2.26. The largest absolute Gasteiger partial charge is 0.508 e. The first kappa shape index (κ1) is 29.6. The highest BCUT2D eigenvalue weighted by molar-refractivity contribution is 9.11. The zero-order valence-electron chi connectivity index (χ0n) is 21.8. The zero-order valence-corrected chi connectivity index (χ0v) is 25.0. The first-order valence-electron chi connectivity index (χ1n) is 12.3. The first-order chi connectivity index (χ1) is 19.0. The zero-order chi connectivity index (χ0) is 29.1. The van der Waals surface area contributed by atoms with Gasteiger partial charge in [0.1, 0.15) is 17.2 Å². The van der Waals surface area contributed by atoms with E-state index in [1.54, 1.807) is 25.3 Å². The lowest BCUT2D eigenvalue weighted by atomic mass is 9.82. The van der Waals surface area contributed by atoms with Crippen LogP contribution in [0.25, 0.3) is 0 Å². The van der Waals surface area contributed by atoms with Crippen LogP contribution in [-0.2, 0) is 11.2 Å². The molecule has 0 aliphatic carbocycles. The molecule has 4 aromatic rings. The Morgan fingerprint density at radius 3 is 2.05 bits per heavy atom. The number of rotatable bonds is 9. The molecule has 0 aromatic heterocycles. The molecule has 0 fully saturated rings. The molecule has 9 heteroatoms. The summed E-state index contributed by atoms with van der Waals surface area (Å²) in [4.78, 5) is 11.2. The van der Waals surface area contributed by atoms with Gasteiger partial charge < -0.3 is 19.7 Å². The van der Waals surface area contributed by atoms with E-state index in [-0.39, 0.29) is 17.9 Å². The van der Waals surface area contributed by atoms with Gasteiger partial charge in [0.15, 0.2) is 17.4 Å². The standard InChI is InChI=1S/C31H26Br2F2O5/c1-16(2)19-13-28(40-31-22(32)9-17(10-23(31)33)11-29(37)38)21(14-27(19)39-3)30(18-7-5-4-6-8-18)20-12-24(34)25(35)15-26(20)36/h4-10,12-16,30,36H,11H2,1-3H3,(H,37,38). The van der Waals surface area contributed by atoms with Gasteiger partial charge in [0, 0.05) is 28.7 Å². The molecule has 0 spiro atoms. The Morgan fingerprint density at radius 2 is 1.48 bits per heavy atom. The molecular formula is C31H26Br2F2O5. The first-order valence-corrected chi connectivity index (χ1v) is 13.9. The number of aromatic hydroxyl groups is 1. The Morgan fingerprint density at radius 1 is 0.875 bits per heavy atom. The molecule has 5 nitrogen and oxygen atoms in total. The summed E-state index contributed by atoms with van der Waals surface area (Å²) < 4.78 is 41.8. The van der Waals surface area contributed by atoms with Gasteiger partial charge >= 0.3 is 5.97 Å². The molecule has 1 atom stereocenters. The molecular weight excluding hydrogens is 650 g/mol. The monoisotopic (exact) mass is 674 g/mol. The molecule has 0 heterocycles. The molecule has 0 saturated carbocycles. The van der Waals surface area contributed by atoms with Crippen molar-refractivity contribution in [2.75, 3.05) is 7.11 Å². The van der Waals surface area contributed by atoms with Crippen LogP contribution in [0.3, 0.4) is 0 Å². The van der Waals surface area contributed by atoms with Crippen LogP contribution in [0, 0.1) is 11.6 Å². The second kappa shape index (κ2) is 12.4. The third-order valence-electron chi connectivity index (χ3n) is 6.43. The van der Waals surface area contributed by atoms with E-state index in [1.165, 1.54) is 0 Å². The van der Waals surface area contributed by atoms with Crippen molar-refractivity contribution in [3.05, 3.63) is 115 Å². The molecule has 4 aromatic carbocycles. The van der Waals surface area contributed by atoms with E-state index in [4.69, 9.17) is 9.47 Å². The predicted molar refractivity (Wildman–Crippen MR) is 156 cm³/mol. The van der Waals surface area contributed by atoms with Crippen molar-refractivity contribution in [1.82, 2.24) is 0 Å². The van der Waals surface area contributed by atoms with E-state index in [9.17, 15) is 23.8 Å². The third kappa shape index (κ3) is 6.31. The van der Waals surface area contributed by atoms with Crippen LogP contribution in [-0.4, -0.2) is 23.3 Å². The van der Waals surface area contributed by atoms with Crippen LogP contribution in [0.4, 0.5) is 8.78 Å². The van der Waals surface area contributed by atoms with Crippen molar-refractivity contribution in [2.24, 2.45) is 0 Å². The fraction of sp³-hybridized carbons (Fsp3) is 0.194. The van der Waals surface area contributed by atoms with Crippen LogP contribution in [0.15, 0.2) is 75.7 Å². The van der Waals surface area contributed by atoms with Gasteiger partial charge in [-0.15, -0.1) is 0 Å². The Labute approximate surface area is 247 Å². The lowest BCUT2D eigenvalue weighted by Crippen LogP contribution is -2.09. The van der Waals surface area contributed by atoms with Gasteiger partial charge in [-0.3, -0.25) is 4.79 Å². The van der Waals surface area contributed by atoms with E-state index in [1.807, 2.05) is 50.2 Å². The summed E-state index contributed by atoms with van der Waals surface area (Å²) in [6, 6.07) is 17.8. The number of benzene rings is 4. The maximum Gasteiger partial charge on any atom is 0.307 e. The van der Waals surface area contributed by atoms with Crippen molar-refractivity contribution in [1.29, 1.82) is 0 Å². The minimum Gasteiger partial charge on any atom is -0.508 e. The van der Waals surface area contributed by atoms with E-state index in [0.29, 0.717) is 42.9 Å². The predicted octanol–water partition coefficient (Wildman–Crippen LogP) is 8.93. The molecule has 0 saturated heterocycles. The Bertz CT molecular complexity index is 1530. The minimum absolute atomic E-state index is 0.0445. The van der Waals surface area contributed by atoms with Gasteiger partial charge in [0.05, 0.1) is 22.5 Å². The highest BCUT2D eigenvalue weighted by Gasteiger charge is 2.28. The molecule has 1 unspecified atom stereocenters. The number of carboxylic acids is 1. The Hall–Kier alpha value is -3.43. The summed E-state index contributed by atoms with van der Waals surface area (Å²) in [6.07, 6.45) is -0.172. The molecule has 0 radical (unpaired) electrons. The Kier molecular flexibility index (Phi) is 9.15. The summed E-state index contributed by atoms with van der Waals surface area (Å²) in [7, 11) is 1.55. The highest BCUT2D eigenvalue weighted by Crippen LogP contribution is 2.47. The summed E-state index contributed by atoms with van der Waals surface area (Å²) >= 11 is 7.00. The van der Waals surface area contributed by atoms with Crippen LogP contribution < -0.4 is 9.47 Å². The number of hydrogen-bond donors (Lipinski definition) is 2. The van der Waals surface area contributed by atoms with Gasteiger partial charge in [0.2, 0.25) is 0 Å². The number of carboxylic acid groups (broad SMARTS) is 1. The second-order valence-corrected chi connectivity index (χ2v) is 11.2. The van der Waals surface area contributed by atoms with Gasteiger partial charge in [0.25, 0.3) is 0 Å². The van der Waals surface area contributed by atoms with Gasteiger partial charge in [-0.05, 0) is 79.2 Å². The fourth-order valence-corrected chi connectivity index (χ4v) is 6.03. The van der Waals surface area contributed by atoms with Crippen LogP contribution in [0.5, 0.6) is 23.0 Å². The van der Waals surface area contributed by atoms with Crippen molar-refractivity contribution in [3.8, 4) is 23.0 Å². The molecule has 0 aliphatic heterocycles. The van der Waals surface area contributed by atoms with Crippen molar-refractivity contribution in [2.45, 2.75) is 32.1 Å². The summed E-state index contributed by atoms with van der Waals surface area (Å²) in [6.45, 7) is 4.01. The summed E-state index contributed by atoms with van der Waals surface area (Å²) in [5.41, 5.74) is 2.77. The fourth-order valence-electron chi connectivity index (χ4n) is 4.58. The van der Waals surface area contributed by atoms with E-state index in [0.717, 1.165) is 17.7 Å². The number of ether oxygens (including phenoxy) is 2. The van der Waals surface area contributed by atoms with Gasteiger partial charge in [-0.25, -0.2) is 8.78 Å². The van der Waals surface area contributed by atoms with Crippen molar-refractivity contribution < 1.29 is 33.3 Å². The maximum absolute atomic E-state index is 14.6. The Balaban J connectivity index is 1.99. The minimum atomic E-state index is -1.16. The maximum atomic E-state index is 14.6. The average molecular weight is 676 g/mol. The van der Waals surface area contributed by atoms with Crippen molar-refractivity contribution >= 4 is 37.8 Å². The van der Waals surface area contributed by atoms with Crippen LogP contribution in [0.2, 0.25) is 0 Å². The quantitative estimate of drug-likeness (QED) is 0.173. The highest BCUT2D eigenvalue weighted by atomic mass is 79.9. The number of halogens is 4. The normalized spacial score (nSPS) is 11.9. The van der Waals surface area contributed by atoms with E-state index in [2.05, 4.69) is 31.9 Å². The number of methoxy groups -OCH3 is 1. The molecule has 208 valence electrons. The average Bonchev–Trinajstić information content (AvgIpc) is 2.89. The molecule has 0 aliphatic rings. The van der Waals surface area contributed by atoms with Gasteiger partial charge in [-0.2, -0.15) is 0 Å². The van der Waals surface area contributed by atoms with Crippen LogP contribution >= 0.6 is 31.9 Å².